The van der Waals surface area contributed by atoms with Gasteiger partial charge in [-0.05, 0) is 32.6 Å². The Morgan fingerprint density at radius 2 is 2.14 bits per heavy atom. The Morgan fingerprint density at radius 3 is 2.73 bits per heavy atom. The number of carbonyl (C=O) groups excluding carboxylic acids is 1. The molecule has 1 amide bonds. The minimum atomic E-state index is -3.98. The predicted molar refractivity (Wildman–Crippen MR) is 78.7 cm³/mol. The number of nitrogens with one attached hydrogen (secondary N) is 1. The van der Waals surface area contributed by atoms with Crippen molar-refractivity contribution in [2.45, 2.75) is 57.5 Å². The van der Waals surface area contributed by atoms with Crippen molar-refractivity contribution in [1.29, 1.82) is 0 Å². The predicted octanol–water partition coefficient (Wildman–Crippen LogP) is 1.69. The second-order valence-electron chi connectivity index (χ2n) is 5.89. The summed E-state index contributed by atoms with van der Waals surface area (Å²) in [5, 5.41) is 3.58. The third-order valence-corrected chi connectivity index (χ3v) is 5.44. The minimum Gasteiger partial charge on any atom is -0.368 e. The summed E-state index contributed by atoms with van der Waals surface area (Å²) in [4.78, 5) is 11.7. The molecule has 1 N–H and O–H groups in total. The first-order valence-corrected chi connectivity index (χ1v) is 8.88. The Balaban J connectivity index is 1.91. The molecule has 0 saturated heterocycles. The van der Waals surface area contributed by atoms with Crippen LogP contribution in [0.3, 0.4) is 0 Å². The molecule has 1 heterocycles. The van der Waals surface area contributed by atoms with E-state index in [1.54, 1.807) is 0 Å². The topological polar surface area (TPSA) is 98.5 Å². The van der Waals surface area contributed by atoms with Gasteiger partial charge < -0.3 is 9.26 Å². The SMILES string of the molecule is Cc1noc(C)c1S(=O)(=O)NC(=O)CO[C@@H]1CCC[C@@H](C)C1. The van der Waals surface area contributed by atoms with Gasteiger partial charge in [-0.3, -0.25) is 4.79 Å². The van der Waals surface area contributed by atoms with Crippen molar-refractivity contribution >= 4 is 15.9 Å². The molecule has 2 atom stereocenters. The lowest BCUT2D eigenvalue weighted by molar-refractivity contribution is -0.126. The zero-order valence-electron chi connectivity index (χ0n) is 13.1. The van der Waals surface area contributed by atoms with Crippen molar-refractivity contribution in [2.75, 3.05) is 6.61 Å². The third kappa shape index (κ3) is 4.07. The fourth-order valence-corrected chi connectivity index (χ4v) is 4.11. The first-order chi connectivity index (χ1) is 10.3. The Kier molecular flexibility index (Phi) is 5.23. The second kappa shape index (κ2) is 6.78. The molecule has 1 saturated carbocycles. The molecule has 7 nitrogen and oxygen atoms in total. The van der Waals surface area contributed by atoms with Crippen molar-refractivity contribution in [1.82, 2.24) is 9.88 Å². The van der Waals surface area contributed by atoms with E-state index in [-0.39, 0.29) is 29.1 Å². The molecule has 1 aliphatic rings. The lowest BCUT2D eigenvalue weighted by Crippen LogP contribution is -2.35. The van der Waals surface area contributed by atoms with Gasteiger partial charge in [-0.2, -0.15) is 0 Å². The summed E-state index contributed by atoms with van der Waals surface area (Å²) in [5.74, 6) is 0.0471. The fourth-order valence-electron chi connectivity index (χ4n) is 2.81. The highest BCUT2D eigenvalue weighted by Gasteiger charge is 2.27. The van der Waals surface area contributed by atoms with E-state index in [0.717, 1.165) is 19.3 Å². The number of rotatable bonds is 5. The molecule has 0 aromatic carbocycles. The zero-order valence-corrected chi connectivity index (χ0v) is 13.9. The van der Waals surface area contributed by atoms with Crippen LogP contribution in [-0.2, 0) is 19.6 Å². The molecule has 1 aliphatic carbocycles. The fraction of sp³-hybridized carbons (Fsp3) is 0.714. The summed E-state index contributed by atoms with van der Waals surface area (Å²) in [6.45, 7) is 4.88. The zero-order chi connectivity index (χ0) is 16.3. The molecular weight excluding hydrogens is 308 g/mol. The Labute approximate surface area is 130 Å². The summed E-state index contributed by atoms with van der Waals surface area (Å²) in [5.41, 5.74) is 0.222. The molecule has 2 rings (SSSR count). The third-order valence-electron chi connectivity index (χ3n) is 3.82. The number of aryl methyl sites for hydroxylation is 2. The van der Waals surface area contributed by atoms with Crippen LogP contribution in [0, 0.1) is 19.8 Å². The van der Waals surface area contributed by atoms with Gasteiger partial charge in [0.05, 0.1) is 6.10 Å². The molecule has 1 aromatic rings. The lowest BCUT2D eigenvalue weighted by Gasteiger charge is -2.26. The van der Waals surface area contributed by atoms with Crippen LogP contribution >= 0.6 is 0 Å². The van der Waals surface area contributed by atoms with E-state index < -0.39 is 15.9 Å². The molecule has 1 fully saturated rings. The largest absolute Gasteiger partial charge is 0.368 e. The Hall–Kier alpha value is -1.41. The average molecular weight is 330 g/mol. The first-order valence-electron chi connectivity index (χ1n) is 7.39. The number of ether oxygens (including phenoxy) is 1. The van der Waals surface area contributed by atoms with Gasteiger partial charge in [0.2, 0.25) is 0 Å². The number of carbonyl (C=O) groups is 1. The van der Waals surface area contributed by atoms with Gasteiger partial charge in [-0.1, -0.05) is 24.9 Å². The van der Waals surface area contributed by atoms with Gasteiger partial charge in [0, 0.05) is 0 Å². The van der Waals surface area contributed by atoms with Crippen molar-refractivity contribution < 1.29 is 22.5 Å². The minimum absolute atomic E-state index is 0.0243. The quantitative estimate of drug-likeness (QED) is 0.882. The van der Waals surface area contributed by atoms with E-state index in [0.29, 0.717) is 5.92 Å². The number of hydrogen-bond donors (Lipinski definition) is 1. The number of amides is 1. The summed E-state index contributed by atoms with van der Waals surface area (Å²) in [6, 6.07) is 0. The molecule has 1 aromatic heterocycles. The van der Waals surface area contributed by atoms with Crippen LogP contribution in [0.15, 0.2) is 9.42 Å². The normalized spacial score (nSPS) is 22.5. The van der Waals surface area contributed by atoms with Gasteiger partial charge in [0.1, 0.15) is 12.3 Å². The monoisotopic (exact) mass is 330 g/mol. The summed E-state index contributed by atoms with van der Waals surface area (Å²) in [6.07, 6.45) is 4.09. The van der Waals surface area contributed by atoms with E-state index >= 15 is 0 Å². The molecule has 0 bridgehead atoms. The van der Waals surface area contributed by atoms with Gasteiger partial charge >= 0.3 is 0 Å². The maximum atomic E-state index is 12.2. The van der Waals surface area contributed by atoms with Gasteiger partial charge in [-0.15, -0.1) is 0 Å². The van der Waals surface area contributed by atoms with E-state index in [4.69, 9.17) is 9.26 Å². The molecule has 0 radical (unpaired) electrons. The standard InChI is InChI=1S/C14H22N2O5S/c1-9-5-4-6-12(7-9)20-8-13(17)16-22(18,19)14-10(2)15-21-11(14)3/h9,12H,4-8H2,1-3H3,(H,16,17)/t9-,12-/m1/s1. The summed E-state index contributed by atoms with van der Waals surface area (Å²) < 4.78 is 36.7. The van der Waals surface area contributed by atoms with Gasteiger partial charge in [0.25, 0.3) is 15.9 Å². The highest BCUT2D eigenvalue weighted by Crippen LogP contribution is 2.25. The van der Waals surface area contributed by atoms with Gasteiger partial charge in [-0.25, -0.2) is 13.1 Å². The van der Waals surface area contributed by atoms with E-state index in [9.17, 15) is 13.2 Å². The molecular formula is C14H22N2O5S. The smallest absolute Gasteiger partial charge is 0.269 e. The van der Waals surface area contributed by atoms with E-state index in [1.165, 1.54) is 20.3 Å². The summed E-state index contributed by atoms with van der Waals surface area (Å²) >= 11 is 0. The highest BCUT2D eigenvalue weighted by molar-refractivity contribution is 7.90. The summed E-state index contributed by atoms with van der Waals surface area (Å²) in [7, 11) is -3.98. The molecule has 8 heteroatoms. The lowest BCUT2D eigenvalue weighted by atomic mass is 9.89. The van der Waals surface area contributed by atoms with Crippen molar-refractivity contribution in [3.05, 3.63) is 11.5 Å². The van der Waals surface area contributed by atoms with E-state index in [1.807, 2.05) is 4.72 Å². The van der Waals surface area contributed by atoms with E-state index in [2.05, 4.69) is 12.1 Å². The number of sulfonamides is 1. The number of aromatic nitrogens is 1. The Morgan fingerprint density at radius 1 is 1.41 bits per heavy atom. The van der Waals surface area contributed by atoms with Crippen LogP contribution in [0.25, 0.3) is 0 Å². The average Bonchev–Trinajstić information content (AvgIpc) is 2.76. The van der Waals surface area contributed by atoms with Crippen molar-refractivity contribution in [3.8, 4) is 0 Å². The molecule has 0 aliphatic heterocycles. The molecule has 0 unspecified atom stereocenters. The molecule has 22 heavy (non-hydrogen) atoms. The van der Waals surface area contributed by atoms with Crippen LogP contribution in [0.5, 0.6) is 0 Å². The maximum Gasteiger partial charge on any atom is 0.269 e. The first kappa shape index (κ1) is 17.0. The maximum absolute atomic E-state index is 12.2. The molecule has 0 spiro atoms. The van der Waals surface area contributed by atoms with Crippen LogP contribution in [0.4, 0.5) is 0 Å². The van der Waals surface area contributed by atoms with Crippen LogP contribution in [-0.4, -0.2) is 32.2 Å². The van der Waals surface area contributed by atoms with Crippen LogP contribution in [0.1, 0.15) is 44.1 Å². The highest BCUT2D eigenvalue weighted by atomic mass is 32.2. The number of hydrogen-bond acceptors (Lipinski definition) is 6. The second-order valence-corrected chi connectivity index (χ2v) is 7.51. The van der Waals surface area contributed by atoms with Crippen molar-refractivity contribution in [2.24, 2.45) is 5.92 Å². The molecule has 124 valence electrons. The van der Waals surface area contributed by atoms with Crippen LogP contribution in [0.2, 0.25) is 0 Å². The number of nitrogens with zero attached hydrogens (tertiary/aromatic N) is 1. The Bertz CT molecular complexity index is 618. The van der Waals surface area contributed by atoms with Gasteiger partial charge in [0.15, 0.2) is 10.7 Å². The van der Waals surface area contributed by atoms with Crippen molar-refractivity contribution in [3.63, 3.8) is 0 Å². The van der Waals surface area contributed by atoms with Crippen LogP contribution < -0.4 is 4.72 Å².